The molecule has 0 saturated heterocycles. The maximum absolute atomic E-state index is 12.7. The van der Waals surface area contributed by atoms with E-state index in [0.29, 0.717) is 5.56 Å². The van der Waals surface area contributed by atoms with E-state index >= 15 is 0 Å². The lowest BCUT2D eigenvalue weighted by Gasteiger charge is -2.41. The van der Waals surface area contributed by atoms with Gasteiger partial charge in [-0.15, -0.1) is 0 Å². The van der Waals surface area contributed by atoms with E-state index in [2.05, 4.69) is 19.2 Å². The van der Waals surface area contributed by atoms with Crippen molar-refractivity contribution in [3.8, 4) is 5.75 Å². The fraction of sp³-hybridized carbons (Fsp3) is 0.381. The zero-order valence-electron chi connectivity index (χ0n) is 14.6. The molecule has 3 nitrogen and oxygen atoms in total. The van der Waals surface area contributed by atoms with E-state index in [1.54, 1.807) is 0 Å². The highest BCUT2D eigenvalue weighted by atomic mass is 16.5. The molecule has 3 rings (SSSR count). The minimum absolute atomic E-state index is 0.0251. The summed E-state index contributed by atoms with van der Waals surface area (Å²) in [5.41, 5.74) is 2.65. The van der Waals surface area contributed by atoms with Crippen LogP contribution in [0.4, 0.5) is 0 Å². The monoisotopic (exact) mass is 323 g/mol. The summed E-state index contributed by atoms with van der Waals surface area (Å²) in [6.07, 6.45) is 2.65. The molecule has 2 aromatic carbocycles. The molecule has 24 heavy (non-hydrogen) atoms. The second kappa shape index (κ2) is 6.68. The quantitative estimate of drug-likeness (QED) is 0.877. The number of hydrogen-bond acceptors (Lipinski definition) is 2. The number of para-hydroxylation sites is 1. The predicted molar refractivity (Wildman–Crippen MR) is 96.4 cm³/mol. The van der Waals surface area contributed by atoms with E-state index in [0.717, 1.165) is 36.1 Å². The standard InChI is InChI=1S/C21H25NO2/c1-4-21(5-2)14-18(17-11-6-7-12-19(17)24-21)22-20(23)16-10-8-9-15(3)13-16/h6-13,18H,4-5,14H2,1-3H3,(H,22,23). The number of rotatable bonds is 4. The maximum atomic E-state index is 12.7. The first-order valence-corrected chi connectivity index (χ1v) is 8.72. The molecule has 1 aliphatic heterocycles. The molecule has 126 valence electrons. The van der Waals surface area contributed by atoms with Gasteiger partial charge in [0.25, 0.3) is 5.91 Å². The van der Waals surface area contributed by atoms with E-state index in [9.17, 15) is 4.79 Å². The van der Waals surface area contributed by atoms with Gasteiger partial charge < -0.3 is 10.1 Å². The lowest BCUT2D eigenvalue weighted by molar-refractivity contribution is 0.0227. The Bertz CT molecular complexity index is 734. The van der Waals surface area contributed by atoms with Gasteiger partial charge in [0, 0.05) is 17.5 Å². The van der Waals surface area contributed by atoms with Gasteiger partial charge in [-0.2, -0.15) is 0 Å². The van der Waals surface area contributed by atoms with Crippen LogP contribution in [0.5, 0.6) is 5.75 Å². The number of carbonyl (C=O) groups excluding carboxylic acids is 1. The summed E-state index contributed by atoms with van der Waals surface area (Å²) < 4.78 is 6.30. The molecule has 0 saturated carbocycles. The topological polar surface area (TPSA) is 38.3 Å². The second-order valence-electron chi connectivity index (χ2n) is 6.63. The molecule has 1 atom stereocenters. The molecule has 0 fully saturated rings. The molecular formula is C21H25NO2. The molecule has 0 aliphatic carbocycles. The minimum atomic E-state index is -0.209. The number of ether oxygens (including phenoxy) is 1. The number of hydrogen-bond donors (Lipinski definition) is 1. The third-order valence-electron chi connectivity index (χ3n) is 5.07. The van der Waals surface area contributed by atoms with Crippen LogP contribution < -0.4 is 10.1 Å². The molecular weight excluding hydrogens is 298 g/mol. The zero-order valence-corrected chi connectivity index (χ0v) is 14.6. The second-order valence-corrected chi connectivity index (χ2v) is 6.63. The van der Waals surface area contributed by atoms with E-state index in [1.807, 2.05) is 55.5 Å². The minimum Gasteiger partial charge on any atom is -0.487 e. The third-order valence-corrected chi connectivity index (χ3v) is 5.07. The van der Waals surface area contributed by atoms with Gasteiger partial charge >= 0.3 is 0 Å². The van der Waals surface area contributed by atoms with Crippen LogP contribution in [0.15, 0.2) is 48.5 Å². The van der Waals surface area contributed by atoms with Gasteiger partial charge in [-0.25, -0.2) is 0 Å². The Morgan fingerprint density at radius 1 is 1.17 bits per heavy atom. The highest BCUT2D eigenvalue weighted by Gasteiger charge is 2.38. The van der Waals surface area contributed by atoms with Gasteiger partial charge in [-0.1, -0.05) is 49.7 Å². The SMILES string of the molecule is CCC1(CC)CC(NC(=O)c2cccc(C)c2)c2ccccc2O1. The number of fused-ring (bicyclic) bond motifs is 1. The van der Waals surface area contributed by atoms with Crippen LogP contribution in [0.25, 0.3) is 0 Å². The van der Waals surface area contributed by atoms with Crippen LogP contribution in [0.1, 0.15) is 60.6 Å². The van der Waals surface area contributed by atoms with Crippen LogP contribution in [-0.4, -0.2) is 11.5 Å². The summed E-state index contributed by atoms with van der Waals surface area (Å²) in [6, 6.07) is 15.7. The van der Waals surface area contributed by atoms with Crippen LogP contribution >= 0.6 is 0 Å². The molecule has 1 heterocycles. The van der Waals surface area contributed by atoms with Crippen molar-refractivity contribution in [2.24, 2.45) is 0 Å². The summed E-state index contributed by atoms with van der Waals surface area (Å²) in [6.45, 7) is 6.30. The molecule has 3 heteroatoms. The van der Waals surface area contributed by atoms with Gasteiger partial charge in [-0.05, 0) is 38.0 Å². The highest BCUT2D eigenvalue weighted by Crippen LogP contribution is 2.42. The maximum Gasteiger partial charge on any atom is 0.251 e. The van der Waals surface area contributed by atoms with Crippen LogP contribution in [0.3, 0.4) is 0 Å². The summed E-state index contributed by atoms with van der Waals surface area (Å²) in [4.78, 5) is 12.7. The molecule has 0 bridgehead atoms. The van der Waals surface area contributed by atoms with Gasteiger partial charge in [0.05, 0.1) is 6.04 Å². The number of amides is 1. The number of nitrogens with one attached hydrogen (secondary N) is 1. The summed E-state index contributed by atoms with van der Waals surface area (Å²) in [5, 5.41) is 3.22. The van der Waals surface area contributed by atoms with Crippen LogP contribution in [-0.2, 0) is 0 Å². The smallest absolute Gasteiger partial charge is 0.251 e. The van der Waals surface area contributed by atoms with E-state index in [4.69, 9.17) is 4.74 Å². The molecule has 1 amide bonds. The lowest BCUT2D eigenvalue weighted by atomic mass is 9.83. The Morgan fingerprint density at radius 3 is 2.62 bits per heavy atom. The largest absolute Gasteiger partial charge is 0.487 e. The fourth-order valence-corrected chi connectivity index (χ4v) is 3.46. The Balaban J connectivity index is 1.90. The average molecular weight is 323 g/mol. The Morgan fingerprint density at radius 2 is 1.92 bits per heavy atom. The van der Waals surface area contributed by atoms with Crippen molar-refractivity contribution < 1.29 is 9.53 Å². The van der Waals surface area contributed by atoms with Gasteiger partial charge in [0.15, 0.2) is 0 Å². The van der Waals surface area contributed by atoms with Crippen molar-refractivity contribution in [1.82, 2.24) is 5.32 Å². The third kappa shape index (κ3) is 3.16. The van der Waals surface area contributed by atoms with Gasteiger partial charge in [0.2, 0.25) is 0 Å². The predicted octanol–water partition coefficient (Wildman–Crippen LogP) is 4.81. The number of carbonyl (C=O) groups is 1. The first kappa shape index (κ1) is 16.6. The van der Waals surface area contributed by atoms with Crippen molar-refractivity contribution in [3.05, 3.63) is 65.2 Å². The van der Waals surface area contributed by atoms with Crippen molar-refractivity contribution in [2.45, 2.75) is 51.7 Å². The van der Waals surface area contributed by atoms with E-state index in [-0.39, 0.29) is 17.6 Å². The van der Waals surface area contributed by atoms with Crippen LogP contribution in [0, 0.1) is 6.92 Å². The zero-order chi connectivity index (χ0) is 17.2. The van der Waals surface area contributed by atoms with Crippen molar-refractivity contribution in [2.75, 3.05) is 0 Å². The van der Waals surface area contributed by atoms with Gasteiger partial charge in [0.1, 0.15) is 11.4 Å². The molecule has 1 unspecified atom stereocenters. The normalized spacial score (nSPS) is 18.4. The van der Waals surface area contributed by atoms with E-state index in [1.165, 1.54) is 0 Å². The summed E-state index contributed by atoms with van der Waals surface area (Å²) in [5.74, 6) is 0.864. The first-order valence-electron chi connectivity index (χ1n) is 8.72. The van der Waals surface area contributed by atoms with E-state index < -0.39 is 0 Å². The highest BCUT2D eigenvalue weighted by molar-refractivity contribution is 5.94. The molecule has 0 aromatic heterocycles. The number of aryl methyl sites for hydroxylation is 1. The number of benzene rings is 2. The Labute approximate surface area is 144 Å². The fourth-order valence-electron chi connectivity index (χ4n) is 3.46. The van der Waals surface area contributed by atoms with Crippen molar-refractivity contribution in [1.29, 1.82) is 0 Å². The Hall–Kier alpha value is -2.29. The Kier molecular flexibility index (Phi) is 4.61. The van der Waals surface area contributed by atoms with Gasteiger partial charge in [-0.3, -0.25) is 4.79 Å². The summed E-state index contributed by atoms with van der Waals surface area (Å²) >= 11 is 0. The average Bonchev–Trinajstić information content (AvgIpc) is 2.61. The lowest BCUT2D eigenvalue weighted by Crippen LogP contribution is -2.44. The molecule has 1 aliphatic rings. The van der Waals surface area contributed by atoms with Crippen molar-refractivity contribution in [3.63, 3.8) is 0 Å². The first-order chi connectivity index (χ1) is 11.6. The molecule has 0 radical (unpaired) electrons. The summed E-state index contributed by atoms with van der Waals surface area (Å²) in [7, 11) is 0. The van der Waals surface area contributed by atoms with Crippen molar-refractivity contribution >= 4 is 5.91 Å². The molecule has 0 spiro atoms. The van der Waals surface area contributed by atoms with Crippen LogP contribution in [0.2, 0.25) is 0 Å². The molecule has 1 N–H and O–H groups in total. The molecule has 2 aromatic rings.